The highest BCUT2D eigenvalue weighted by Gasteiger charge is 2.12. The molecule has 1 aromatic carbocycles. The van der Waals surface area contributed by atoms with Crippen LogP contribution in [0.25, 0.3) is 0 Å². The molecule has 21 heavy (non-hydrogen) atoms. The number of aliphatic hydroxyl groups is 1. The molecule has 0 unspecified atom stereocenters. The van der Waals surface area contributed by atoms with Crippen molar-refractivity contribution in [3.8, 4) is 0 Å². The molecular weight excluding hydrogens is 279 g/mol. The summed E-state index contributed by atoms with van der Waals surface area (Å²) < 4.78 is 14.8. The maximum atomic E-state index is 13.5. The van der Waals surface area contributed by atoms with E-state index in [1.165, 1.54) is 23.1 Å². The van der Waals surface area contributed by atoms with Crippen LogP contribution in [0.15, 0.2) is 48.5 Å². The van der Waals surface area contributed by atoms with E-state index in [1.807, 2.05) is 0 Å². The summed E-state index contributed by atoms with van der Waals surface area (Å²) in [5.74, 6) is -3.73. The third kappa shape index (κ3) is 3.53. The Morgan fingerprint density at radius 3 is 2.67 bits per heavy atom. The summed E-state index contributed by atoms with van der Waals surface area (Å²) in [6.07, 6.45) is 3.15. The molecule has 108 valence electrons. The zero-order valence-electron chi connectivity index (χ0n) is 10.7. The number of aliphatic carboxylic acids is 1. The lowest BCUT2D eigenvalue weighted by atomic mass is 10.2. The topological polar surface area (TPSA) is 92.4 Å². The van der Waals surface area contributed by atoms with E-state index in [2.05, 4.69) is 5.10 Å². The molecule has 0 aliphatic heterocycles. The molecule has 0 atom stereocenters. The molecule has 0 aliphatic rings. The first-order valence-electron chi connectivity index (χ1n) is 5.91. The predicted molar refractivity (Wildman–Crippen MR) is 70.4 cm³/mol. The van der Waals surface area contributed by atoms with Crippen molar-refractivity contribution >= 4 is 11.8 Å². The monoisotopic (exact) mass is 290 g/mol. The van der Waals surface area contributed by atoms with Gasteiger partial charge in [0.05, 0.1) is 18.3 Å². The number of allylic oxidation sites excluding steroid dienone is 1. The SMILES string of the molecule is O=C(O)C(O)=CC(=O)c1cnn(Cc2ccccc2F)c1. The number of benzene rings is 1. The number of carboxylic acids is 1. The number of nitrogens with zero attached hydrogens (tertiary/aromatic N) is 2. The van der Waals surface area contributed by atoms with Crippen LogP contribution in [0.5, 0.6) is 0 Å². The molecule has 0 saturated carbocycles. The molecule has 0 spiro atoms. The lowest BCUT2D eigenvalue weighted by Gasteiger charge is -2.02. The standard InChI is InChI=1S/C14H11FN2O4/c15-11-4-2-1-3-9(11)7-17-8-10(6-16-17)12(18)5-13(19)14(20)21/h1-6,8,19H,7H2,(H,20,21). The van der Waals surface area contributed by atoms with Gasteiger partial charge in [-0.2, -0.15) is 5.10 Å². The molecule has 6 nitrogen and oxygen atoms in total. The number of hydrogen-bond acceptors (Lipinski definition) is 4. The number of aromatic nitrogens is 2. The van der Waals surface area contributed by atoms with Gasteiger partial charge in [-0.1, -0.05) is 18.2 Å². The molecule has 0 radical (unpaired) electrons. The van der Waals surface area contributed by atoms with E-state index in [-0.39, 0.29) is 17.9 Å². The summed E-state index contributed by atoms with van der Waals surface area (Å²) in [7, 11) is 0. The van der Waals surface area contributed by atoms with Gasteiger partial charge < -0.3 is 10.2 Å². The number of carbonyl (C=O) groups is 2. The van der Waals surface area contributed by atoms with Crippen molar-refractivity contribution in [2.75, 3.05) is 0 Å². The second-order valence-corrected chi connectivity index (χ2v) is 4.22. The van der Waals surface area contributed by atoms with Crippen molar-refractivity contribution in [2.45, 2.75) is 6.54 Å². The Labute approximate surface area is 118 Å². The van der Waals surface area contributed by atoms with Gasteiger partial charge in [-0.15, -0.1) is 0 Å². The van der Waals surface area contributed by atoms with Crippen LogP contribution in [-0.4, -0.2) is 31.7 Å². The lowest BCUT2D eigenvalue weighted by Crippen LogP contribution is -2.04. The highest BCUT2D eigenvalue weighted by Crippen LogP contribution is 2.09. The summed E-state index contributed by atoms with van der Waals surface area (Å²) in [5.41, 5.74) is 0.502. The summed E-state index contributed by atoms with van der Waals surface area (Å²) in [6.45, 7) is 0.134. The van der Waals surface area contributed by atoms with Crippen LogP contribution in [0.3, 0.4) is 0 Å². The molecule has 0 aliphatic carbocycles. The number of ketones is 1. The predicted octanol–water partition coefficient (Wildman–Crippen LogP) is 1.78. The zero-order chi connectivity index (χ0) is 15.4. The van der Waals surface area contributed by atoms with Crippen LogP contribution in [0.1, 0.15) is 15.9 Å². The molecule has 2 N–H and O–H groups in total. The summed E-state index contributed by atoms with van der Waals surface area (Å²) >= 11 is 0. The van der Waals surface area contributed by atoms with Gasteiger partial charge in [0, 0.05) is 17.8 Å². The summed E-state index contributed by atoms with van der Waals surface area (Å²) in [5, 5.41) is 21.4. The van der Waals surface area contributed by atoms with E-state index in [4.69, 9.17) is 10.2 Å². The Kier molecular flexibility index (Phi) is 4.13. The van der Waals surface area contributed by atoms with E-state index in [0.717, 1.165) is 0 Å². The molecule has 7 heteroatoms. The largest absolute Gasteiger partial charge is 0.502 e. The van der Waals surface area contributed by atoms with Crippen LogP contribution in [-0.2, 0) is 11.3 Å². The van der Waals surface area contributed by atoms with Crippen LogP contribution in [0.2, 0.25) is 0 Å². The third-order valence-corrected chi connectivity index (χ3v) is 2.69. The molecule has 1 aromatic heterocycles. The van der Waals surface area contributed by atoms with Crippen molar-refractivity contribution < 1.29 is 24.2 Å². The van der Waals surface area contributed by atoms with Crippen molar-refractivity contribution in [1.29, 1.82) is 0 Å². The molecule has 0 saturated heterocycles. The molecule has 0 amide bonds. The third-order valence-electron chi connectivity index (χ3n) is 2.69. The van der Waals surface area contributed by atoms with Crippen LogP contribution in [0, 0.1) is 5.82 Å². The Morgan fingerprint density at radius 2 is 2.00 bits per heavy atom. The first-order chi connectivity index (χ1) is 9.97. The fourth-order valence-corrected chi connectivity index (χ4v) is 1.65. The number of aliphatic hydroxyl groups excluding tert-OH is 1. The number of carbonyl (C=O) groups excluding carboxylic acids is 1. The Bertz CT molecular complexity index is 721. The first kappa shape index (κ1) is 14.4. The van der Waals surface area contributed by atoms with Crippen molar-refractivity contribution in [3.63, 3.8) is 0 Å². The van der Waals surface area contributed by atoms with Crippen LogP contribution < -0.4 is 0 Å². The van der Waals surface area contributed by atoms with E-state index >= 15 is 0 Å². The van der Waals surface area contributed by atoms with E-state index < -0.39 is 17.5 Å². The second-order valence-electron chi connectivity index (χ2n) is 4.22. The quantitative estimate of drug-likeness (QED) is 0.497. The van der Waals surface area contributed by atoms with Crippen LogP contribution >= 0.6 is 0 Å². The minimum Gasteiger partial charge on any atom is -0.502 e. The second kappa shape index (κ2) is 6.00. The van der Waals surface area contributed by atoms with Crippen molar-refractivity contribution in [1.82, 2.24) is 9.78 Å². The normalized spacial score (nSPS) is 11.4. The van der Waals surface area contributed by atoms with Gasteiger partial charge >= 0.3 is 5.97 Å². The van der Waals surface area contributed by atoms with Crippen molar-refractivity contribution in [3.05, 3.63) is 65.4 Å². The molecule has 1 heterocycles. The van der Waals surface area contributed by atoms with E-state index in [0.29, 0.717) is 11.6 Å². The number of carboxylic acid groups (broad SMARTS) is 1. The minimum atomic E-state index is -1.60. The van der Waals surface area contributed by atoms with E-state index in [1.54, 1.807) is 18.2 Å². The van der Waals surface area contributed by atoms with Gasteiger partial charge in [0.1, 0.15) is 5.82 Å². The van der Waals surface area contributed by atoms with E-state index in [9.17, 15) is 14.0 Å². The Balaban J connectivity index is 2.15. The molecule has 0 bridgehead atoms. The van der Waals surface area contributed by atoms with Gasteiger partial charge in [-0.3, -0.25) is 9.48 Å². The minimum absolute atomic E-state index is 0.0964. The van der Waals surface area contributed by atoms with Gasteiger partial charge in [0.15, 0.2) is 5.78 Å². The number of hydrogen-bond donors (Lipinski definition) is 2. The summed E-state index contributed by atoms with van der Waals surface area (Å²) in [4.78, 5) is 22.1. The van der Waals surface area contributed by atoms with Gasteiger partial charge in [0.2, 0.25) is 5.76 Å². The Hall–Kier alpha value is -2.96. The molecular formula is C14H11FN2O4. The fourth-order valence-electron chi connectivity index (χ4n) is 1.65. The average molecular weight is 290 g/mol. The fraction of sp³-hybridized carbons (Fsp3) is 0.0714. The number of rotatable bonds is 5. The molecule has 2 rings (SSSR count). The maximum absolute atomic E-state index is 13.5. The van der Waals surface area contributed by atoms with Crippen molar-refractivity contribution in [2.24, 2.45) is 0 Å². The van der Waals surface area contributed by atoms with Gasteiger partial charge in [0.25, 0.3) is 0 Å². The smallest absolute Gasteiger partial charge is 0.371 e. The van der Waals surface area contributed by atoms with Crippen LogP contribution in [0.4, 0.5) is 4.39 Å². The first-order valence-corrected chi connectivity index (χ1v) is 5.91. The zero-order valence-corrected chi connectivity index (χ0v) is 10.7. The number of halogens is 1. The van der Waals surface area contributed by atoms with Gasteiger partial charge in [-0.25, -0.2) is 9.18 Å². The highest BCUT2D eigenvalue weighted by atomic mass is 19.1. The summed E-state index contributed by atoms with van der Waals surface area (Å²) in [6, 6.07) is 6.16. The molecule has 0 fully saturated rings. The Morgan fingerprint density at radius 1 is 1.29 bits per heavy atom. The molecule has 2 aromatic rings. The van der Waals surface area contributed by atoms with Gasteiger partial charge in [-0.05, 0) is 6.07 Å². The average Bonchev–Trinajstić information content (AvgIpc) is 2.90. The lowest BCUT2D eigenvalue weighted by molar-refractivity contribution is -0.135. The highest BCUT2D eigenvalue weighted by molar-refractivity contribution is 6.07. The maximum Gasteiger partial charge on any atom is 0.371 e.